The summed E-state index contributed by atoms with van der Waals surface area (Å²) in [5.74, 6) is 0.562. The van der Waals surface area contributed by atoms with E-state index < -0.39 is 0 Å². The number of H-pyrrole nitrogens is 1. The van der Waals surface area contributed by atoms with E-state index in [1.807, 2.05) is 0 Å². The minimum atomic E-state index is -0.328. The normalized spacial score (nSPS) is 14.9. The number of thioether (sulfide) groups is 1. The highest BCUT2D eigenvalue weighted by Gasteiger charge is 2.38. The number of benzene rings is 1. The maximum atomic E-state index is 12.9. The predicted octanol–water partition coefficient (Wildman–Crippen LogP) is 2.16. The molecule has 5 N–H and O–H groups in total. The van der Waals surface area contributed by atoms with Crippen LogP contribution in [-0.4, -0.2) is 43.3 Å². The number of phenols is 1. The second kappa shape index (κ2) is 6.95. The Bertz CT molecular complexity index is 1000. The van der Waals surface area contributed by atoms with Crippen molar-refractivity contribution in [1.29, 1.82) is 0 Å². The van der Waals surface area contributed by atoms with Crippen LogP contribution >= 0.6 is 11.8 Å². The lowest BCUT2D eigenvalue weighted by Gasteiger charge is -2.16. The second-order valence-corrected chi connectivity index (χ2v) is 7.37. The van der Waals surface area contributed by atoms with E-state index in [9.17, 15) is 9.90 Å². The van der Waals surface area contributed by atoms with Gasteiger partial charge in [0.25, 0.3) is 0 Å². The van der Waals surface area contributed by atoms with Crippen molar-refractivity contribution in [2.45, 2.75) is 23.1 Å². The number of imidazole rings is 1. The number of amides is 1. The van der Waals surface area contributed by atoms with E-state index in [0.717, 1.165) is 12.8 Å². The SMILES string of the molecule is COc1cc(NC(=O)[C@@H](Sc2nc(N)nc3nc[nH]c23)C2CC2)ccc1O. The van der Waals surface area contributed by atoms with E-state index in [4.69, 9.17) is 10.5 Å². The van der Waals surface area contributed by atoms with Gasteiger partial charge in [0.05, 0.1) is 18.7 Å². The highest BCUT2D eigenvalue weighted by Crippen LogP contribution is 2.43. The summed E-state index contributed by atoms with van der Waals surface area (Å²) >= 11 is 1.35. The van der Waals surface area contributed by atoms with Crippen molar-refractivity contribution in [3.05, 3.63) is 24.5 Å². The number of fused-ring (bicyclic) bond motifs is 1. The summed E-state index contributed by atoms with van der Waals surface area (Å²) < 4.78 is 5.09. The van der Waals surface area contributed by atoms with Gasteiger partial charge in [-0.15, -0.1) is 0 Å². The van der Waals surface area contributed by atoms with Crippen LogP contribution in [0.2, 0.25) is 0 Å². The van der Waals surface area contributed by atoms with E-state index >= 15 is 0 Å². The summed E-state index contributed by atoms with van der Waals surface area (Å²) in [6.45, 7) is 0. The fraction of sp³-hybridized carbons (Fsp3) is 0.294. The molecule has 1 aromatic carbocycles. The number of nitrogens with two attached hydrogens (primary N) is 1. The van der Waals surface area contributed by atoms with Gasteiger partial charge in [-0.2, -0.15) is 4.98 Å². The van der Waals surface area contributed by atoms with Gasteiger partial charge >= 0.3 is 0 Å². The summed E-state index contributed by atoms with van der Waals surface area (Å²) in [5.41, 5.74) is 7.46. The van der Waals surface area contributed by atoms with Crippen LogP contribution in [0.1, 0.15) is 12.8 Å². The number of nitrogens with zero attached hydrogens (tertiary/aromatic N) is 3. The van der Waals surface area contributed by atoms with Crippen LogP contribution in [0.3, 0.4) is 0 Å². The number of nitrogens with one attached hydrogen (secondary N) is 2. The number of nitrogen functional groups attached to an aromatic ring is 1. The Morgan fingerprint density at radius 2 is 2.26 bits per heavy atom. The Hall–Kier alpha value is -3.01. The van der Waals surface area contributed by atoms with Crippen LogP contribution in [0.5, 0.6) is 11.5 Å². The van der Waals surface area contributed by atoms with E-state index in [1.54, 1.807) is 12.1 Å². The van der Waals surface area contributed by atoms with Gasteiger partial charge in [-0.05, 0) is 30.9 Å². The molecule has 1 aliphatic carbocycles. The molecule has 1 saturated carbocycles. The minimum absolute atomic E-state index is 0.0155. The number of phenolic OH excluding ortho intramolecular Hbond substituents is 1. The van der Waals surface area contributed by atoms with Crippen LogP contribution < -0.4 is 15.8 Å². The van der Waals surface area contributed by atoms with Crippen molar-refractivity contribution < 1.29 is 14.6 Å². The number of methoxy groups -OCH3 is 1. The number of aromatic amines is 1. The molecule has 1 amide bonds. The Morgan fingerprint density at radius 1 is 1.44 bits per heavy atom. The molecule has 2 aromatic heterocycles. The number of hydrogen-bond donors (Lipinski definition) is 4. The van der Waals surface area contributed by atoms with Crippen molar-refractivity contribution in [3.8, 4) is 11.5 Å². The molecule has 0 unspecified atom stereocenters. The van der Waals surface area contributed by atoms with Crippen LogP contribution in [0, 0.1) is 5.92 Å². The summed E-state index contributed by atoms with van der Waals surface area (Å²) in [4.78, 5) is 28.4. The van der Waals surface area contributed by atoms with Crippen molar-refractivity contribution in [2.24, 2.45) is 5.92 Å². The standard InChI is InChI=1S/C17H18N6O3S/c1-26-11-6-9(4-5-10(11)24)21-15(25)13(8-2-3-8)27-16-12-14(20-7-19-12)22-17(18)23-16/h4-8,13,24H,2-3H2,1H3,(H,21,25)(H3,18,19,20,22,23)/t13-/m0/s1. The molecule has 140 valence electrons. The average Bonchev–Trinajstić information content (AvgIpc) is 3.38. The number of aromatic nitrogens is 4. The molecule has 1 fully saturated rings. The molecule has 1 atom stereocenters. The van der Waals surface area contributed by atoms with Gasteiger partial charge in [-0.3, -0.25) is 4.79 Å². The van der Waals surface area contributed by atoms with Crippen LogP contribution in [0.25, 0.3) is 11.2 Å². The lowest BCUT2D eigenvalue weighted by atomic mass is 10.2. The van der Waals surface area contributed by atoms with Crippen molar-refractivity contribution in [3.63, 3.8) is 0 Å². The maximum absolute atomic E-state index is 12.9. The van der Waals surface area contributed by atoms with E-state index in [2.05, 4.69) is 25.3 Å². The smallest absolute Gasteiger partial charge is 0.238 e. The molecule has 27 heavy (non-hydrogen) atoms. The zero-order valence-electron chi connectivity index (χ0n) is 14.5. The number of carbonyl (C=O) groups excluding carboxylic acids is 1. The molecule has 10 heteroatoms. The van der Waals surface area contributed by atoms with E-state index in [-0.39, 0.29) is 28.8 Å². The van der Waals surface area contributed by atoms with Gasteiger partial charge in [0.1, 0.15) is 10.5 Å². The second-order valence-electron chi connectivity index (χ2n) is 6.24. The quantitative estimate of drug-likeness (QED) is 0.287. The van der Waals surface area contributed by atoms with Gasteiger partial charge < -0.3 is 25.9 Å². The summed E-state index contributed by atoms with van der Waals surface area (Å²) in [5, 5.41) is 12.9. The summed E-state index contributed by atoms with van der Waals surface area (Å²) in [6, 6.07) is 4.69. The molecule has 0 spiro atoms. The Kier molecular flexibility index (Phi) is 4.48. The topological polar surface area (TPSA) is 139 Å². The molecule has 0 bridgehead atoms. The van der Waals surface area contributed by atoms with Gasteiger partial charge in [0.15, 0.2) is 17.1 Å². The van der Waals surface area contributed by atoms with Gasteiger partial charge in [0, 0.05) is 11.8 Å². The van der Waals surface area contributed by atoms with Gasteiger partial charge in [-0.1, -0.05) is 11.8 Å². The Balaban J connectivity index is 1.57. The third-order valence-corrected chi connectivity index (χ3v) is 5.64. The third kappa shape index (κ3) is 3.61. The third-order valence-electron chi connectivity index (χ3n) is 4.26. The molecular formula is C17H18N6O3S. The fourth-order valence-electron chi connectivity index (χ4n) is 2.76. The number of aromatic hydroxyl groups is 1. The first kappa shape index (κ1) is 17.4. The molecule has 0 radical (unpaired) electrons. The highest BCUT2D eigenvalue weighted by molar-refractivity contribution is 8.00. The predicted molar refractivity (Wildman–Crippen MR) is 102 cm³/mol. The number of hydrogen-bond acceptors (Lipinski definition) is 8. The van der Waals surface area contributed by atoms with Crippen LogP contribution in [-0.2, 0) is 4.79 Å². The Labute approximate surface area is 158 Å². The van der Waals surface area contributed by atoms with Gasteiger partial charge in [0.2, 0.25) is 11.9 Å². The lowest BCUT2D eigenvalue weighted by molar-refractivity contribution is -0.116. The van der Waals surface area contributed by atoms with Crippen LogP contribution in [0.4, 0.5) is 11.6 Å². The molecule has 4 rings (SSSR count). The monoisotopic (exact) mass is 386 g/mol. The highest BCUT2D eigenvalue weighted by atomic mass is 32.2. The van der Waals surface area contributed by atoms with Crippen molar-refractivity contribution in [1.82, 2.24) is 19.9 Å². The first-order chi connectivity index (χ1) is 13.0. The van der Waals surface area contributed by atoms with Crippen molar-refractivity contribution >= 4 is 40.5 Å². The number of ether oxygens (including phenoxy) is 1. The van der Waals surface area contributed by atoms with Gasteiger partial charge in [-0.25, -0.2) is 9.97 Å². The largest absolute Gasteiger partial charge is 0.504 e. The fourth-order valence-corrected chi connectivity index (χ4v) is 4.05. The molecule has 0 aliphatic heterocycles. The zero-order chi connectivity index (χ0) is 19.0. The van der Waals surface area contributed by atoms with Crippen LogP contribution in [0.15, 0.2) is 29.6 Å². The lowest BCUT2D eigenvalue weighted by Crippen LogP contribution is -2.27. The first-order valence-corrected chi connectivity index (χ1v) is 9.24. The molecule has 0 saturated heterocycles. The molecule has 2 heterocycles. The van der Waals surface area contributed by atoms with E-state index in [1.165, 1.54) is 31.3 Å². The molecule has 1 aliphatic rings. The van der Waals surface area contributed by atoms with E-state index in [0.29, 0.717) is 27.6 Å². The zero-order valence-corrected chi connectivity index (χ0v) is 15.3. The maximum Gasteiger partial charge on any atom is 0.238 e. The number of anilines is 2. The minimum Gasteiger partial charge on any atom is -0.504 e. The summed E-state index contributed by atoms with van der Waals surface area (Å²) in [6.07, 6.45) is 3.49. The molecular weight excluding hydrogens is 368 g/mol. The Morgan fingerprint density at radius 3 is 3.00 bits per heavy atom. The number of rotatable bonds is 6. The van der Waals surface area contributed by atoms with Crippen molar-refractivity contribution in [2.75, 3.05) is 18.2 Å². The first-order valence-electron chi connectivity index (χ1n) is 8.36. The summed E-state index contributed by atoms with van der Waals surface area (Å²) in [7, 11) is 1.46. The molecule has 9 nitrogen and oxygen atoms in total. The average molecular weight is 386 g/mol. The number of carbonyl (C=O) groups is 1. The molecule has 3 aromatic rings.